The van der Waals surface area contributed by atoms with Gasteiger partial charge in [0.25, 0.3) is 0 Å². The normalized spacial score (nSPS) is 15.9. The summed E-state index contributed by atoms with van der Waals surface area (Å²) in [6.07, 6.45) is 6.77. The van der Waals surface area contributed by atoms with Gasteiger partial charge in [0, 0.05) is 11.7 Å². The molecule has 1 nitrogen and oxygen atoms in total. The van der Waals surface area contributed by atoms with E-state index in [4.69, 9.17) is 0 Å². The standard InChI is InChI=1S/C29H25N/c1-29(2)15-13-21(18-29)28-24-9-5-3-7-22(24)27(23-8-4-6-10-25(23)28)20-11-12-26-19(17-20)14-16-30-26/h3-14,16-17,30H,15,18H2,1-2H3. The lowest BCUT2D eigenvalue weighted by molar-refractivity contribution is 0.403. The zero-order valence-corrected chi connectivity index (χ0v) is 17.5. The Labute approximate surface area is 177 Å². The van der Waals surface area contributed by atoms with E-state index in [1.54, 1.807) is 0 Å². The van der Waals surface area contributed by atoms with E-state index in [0.29, 0.717) is 5.41 Å². The summed E-state index contributed by atoms with van der Waals surface area (Å²) in [6.45, 7) is 4.75. The molecule has 4 aromatic carbocycles. The molecule has 0 amide bonds. The van der Waals surface area contributed by atoms with Crippen molar-refractivity contribution in [3.63, 3.8) is 0 Å². The van der Waals surface area contributed by atoms with Crippen molar-refractivity contribution < 1.29 is 0 Å². The maximum Gasteiger partial charge on any atom is 0.0454 e. The van der Waals surface area contributed by atoms with Crippen LogP contribution in [0, 0.1) is 5.41 Å². The van der Waals surface area contributed by atoms with E-state index in [-0.39, 0.29) is 0 Å². The lowest BCUT2D eigenvalue weighted by Gasteiger charge is -2.21. The monoisotopic (exact) mass is 387 g/mol. The van der Waals surface area contributed by atoms with Gasteiger partial charge in [-0.3, -0.25) is 0 Å². The summed E-state index contributed by atoms with van der Waals surface area (Å²) in [5, 5.41) is 6.66. The number of rotatable bonds is 2. The predicted octanol–water partition coefficient (Wildman–Crippen LogP) is 8.34. The van der Waals surface area contributed by atoms with Crippen LogP contribution in [0.3, 0.4) is 0 Å². The van der Waals surface area contributed by atoms with Gasteiger partial charge in [-0.05, 0) is 85.7 Å². The molecule has 0 radical (unpaired) electrons. The van der Waals surface area contributed by atoms with Crippen molar-refractivity contribution in [3.8, 4) is 11.1 Å². The van der Waals surface area contributed by atoms with Gasteiger partial charge >= 0.3 is 0 Å². The molecular weight excluding hydrogens is 362 g/mol. The molecule has 1 aliphatic carbocycles. The first-order chi connectivity index (χ1) is 14.6. The quantitative estimate of drug-likeness (QED) is 0.293. The first-order valence-electron chi connectivity index (χ1n) is 10.8. The highest BCUT2D eigenvalue weighted by molar-refractivity contribution is 6.19. The topological polar surface area (TPSA) is 15.8 Å². The van der Waals surface area contributed by atoms with Crippen LogP contribution >= 0.6 is 0 Å². The highest BCUT2D eigenvalue weighted by Crippen LogP contribution is 2.48. The van der Waals surface area contributed by atoms with Crippen LogP contribution in [0.4, 0.5) is 0 Å². The van der Waals surface area contributed by atoms with Gasteiger partial charge in [-0.1, -0.05) is 74.5 Å². The van der Waals surface area contributed by atoms with Crippen LogP contribution in [0.25, 0.3) is 49.1 Å². The van der Waals surface area contributed by atoms with E-state index < -0.39 is 0 Å². The van der Waals surface area contributed by atoms with Crippen LogP contribution in [0.5, 0.6) is 0 Å². The summed E-state index contributed by atoms with van der Waals surface area (Å²) in [4.78, 5) is 3.32. The molecule has 1 heteroatoms. The van der Waals surface area contributed by atoms with E-state index in [1.807, 2.05) is 6.20 Å². The predicted molar refractivity (Wildman–Crippen MR) is 130 cm³/mol. The van der Waals surface area contributed by atoms with Crippen molar-refractivity contribution in [3.05, 3.63) is 90.6 Å². The lowest BCUT2D eigenvalue weighted by atomic mass is 9.83. The summed E-state index contributed by atoms with van der Waals surface area (Å²) in [6, 6.07) is 26.8. The lowest BCUT2D eigenvalue weighted by Crippen LogP contribution is -2.04. The molecule has 0 aliphatic heterocycles. The molecule has 0 atom stereocenters. The fourth-order valence-corrected chi connectivity index (χ4v) is 5.24. The average molecular weight is 388 g/mol. The highest BCUT2D eigenvalue weighted by atomic mass is 14.7. The number of allylic oxidation sites excluding steroid dienone is 2. The van der Waals surface area contributed by atoms with Crippen molar-refractivity contribution in [1.82, 2.24) is 4.98 Å². The molecule has 146 valence electrons. The van der Waals surface area contributed by atoms with Gasteiger partial charge in [-0.25, -0.2) is 0 Å². The molecule has 0 saturated carbocycles. The summed E-state index contributed by atoms with van der Waals surface area (Å²) in [5.74, 6) is 0. The molecule has 5 aromatic rings. The maximum atomic E-state index is 3.32. The van der Waals surface area contributed by atoms with Gasteiger partial charge in [0.15, 0.2) is 0 Å². The Bertz CT molecular complexity index is 1410. The van der Waals surface area contributed by atoms with E-state index in [2.05, 4.69) is 97.7 Å². The average Bonchev–Trinajstić information content (AvgIpc) is 3.37. The van der Waals surface area contributed by atoms with Gasteiger partial charge in [0.2, 0.25) is 0 Å². The molecule has 0 spiro atoms. The largest absolute Gasteiger partial charge is 0.361 e. The van der Waals surface area contributed by atoms with Gasteiger partial charge in [-0.2, -0.15) is 0 Å². The second-order valence-corrected chi connectivity index (χ2v) is 9.40. The number of H-pyrrole nitrogens is 1. The molecule has 0 bridgehead atoms. The number of benzene rings is 4. The Morgan fingerprint density at radius 2 is 1.37 bits per heavy atom. The summed E-state index contributed by atoms with van der Waals surface area (Å²) in [7, 11) is 0. The van der Waals surface area contributed by atoms with Crippen molar-refractivity contribution in [2.75, 3.05) is 0 Å². The summed E-state index contributed by atoms with van der Waals surface area (Å²) >= 11 is 0. The first kappa shape index (κ1) is 17.5. The van der Waals surface area contributed by atoms with E-state index >= 15 is 0 Å². The van der Waals surface area contributed by atoms with Gasteiger partial charge in [0.05, 0.1) is 0 Å². The first-order valence-corrected chi connectivity index (χ1v) is 10.8. The number of fused-ring (bicyclic) bond motifs is 3. The molecule has 6 rings (SSSR count). The highest BCUT2D eigenvalue weighted by Gasteiger charge is 2.27. The number of nitrogens with one attached hydrogen (secondary N) is 1. The van der Waals surface area contributed by atoms with E-state index in [0.717, 1.165) is 12.8 Å². The zero-order chi connectivity index (χ0) is 20.3. The number of hydrogen-bond acceptors (Lipinski definition) is 0. The van der Waals surface area contributed by atoms with Gasteiger partial charge in [0.1, 0.15) is 0 Å². The van der Waals surface area contributed by atoms with Crippen molar-refractivity contribution >= 4 is 38.0 Å². The molecule has 1 aliphatic rings. The molecule has 0 saturated heterocycles. The van der Waals surface area contributed by atoms with Crippen molar-refractivity contribution in [2.45, 2.75) is 26.7 Å². The minimum absolute atomic E-state index is 0.343. The molecule has 1 aromatic heterocycles. The Balaban J connectivity index is 1.73. The minimum atomic E-state index is 0.343. The molecule has 1 N–H and O–H groups in total. The smallest absolute Gasteiger partial charge is 0.0454 e. The Morgan fingerprint density at radius 3 is 1.97 bits per heavy atom. The maximum absolute atomic E-state index is 3.32. The van der Waals surface area contributed by atoms with Gasteiger partial charge < -0.3 is 4.98 Å². The fraction of sp³-hybridized carbons (Fsp3) is 0.172. The minimum Gasteiger partial charge on any atom is -0.361 e. The third kappa shape index (κ3) is 2.62. The number of hydrogen-bond donors (Lipinski definition) is 1. The molecule has 0 unspecified atom stereocenters. The van der Waals surface area contributed by atoms with Crippen LogP contribution in [-0.2, 0) is 0 Å². The summed E-state index contributed by atoms with van der Waals surface area (Å²) in [5.41, 5.74) is 7.07. The number of aromatic nitrogens is 1. The third-order valence-corrected chi connectivity index (χ3v) is 6.66. The zero-order valence-electron chi connectivity index (χ0n) is 17.5. The van der Waals surface area contributed by atoms with E-state index in [9.17, 15) is 0 Å². The fourth-order valence-electron chi connectivity index (χ4n) is 5.24. The Kier molecular flexibility index (Phi) is 3.70. The van der Waals surface area contributed by atoms with Crippen molar-refractivity contribution in [2.24, 2.45) is 5.41 Å². The second-order valence-electron chi connectivity index (χ2n) is 9.40. The molecule has 30 heavy (non-hydrogen) atoms. The molecule has 0 fully saturated rings. The Hall–Kier alpha value is -3.32. The molecule has 1 heterocycles. The summed E-state index contributed by atoms with van der Waals surface area (Å²) < 4.78 is 0. The van der Waals surface area contributed by atoms with Gasteiger partial charge in [-0.15, -0.1) is 0 Å². The SMILES string of the molecule is CC1(C)CC=C(c2c3ccccc3c(-c3ccc4[nH]ccc4c3)c3ccccc23)C1. The van der Waals surface area contributed by atoms with Crippen LogP contribution in [-0.4, -0.2) is 4.98 Å². The molecular formula is C29H25N. The van der Waals surface area contributed by atoms with Crippen LogP contribution < -0.4 is 0 Å². The van der Waals surface area contributed by atoms with Crippen molar-refractivity contribution in [1.29, 1.82) is 0 Å². The Morgan fingerprint density at radius 1 is 0.733 bits per heavy atom. The van der Waals surface area contributed by atoms with Crippen LogP contribution in [0.15, 0.2) is 85.1 Å². The van der Waals surface area contributed by atoms with E-state index in [1.165, 1.54) is 54.7 Å². The third-order valence-electron chi connectivity index (χ3n) is 6.66. The number of aromatic amines is 1. The second kappa shape index (κ2) is 6.34. The van der Waals surface area contributed by atoms with Crippen LogP contribution in [0.1, 0.15) is 32.3 Å². The van der Waals surface area contributed by atoms with Crippen LogP contribution in [0.2, 0.25) is 0 Å².